The molecule has 1 rings (SSSR count). The topological polar surface area (TPSA) is 29.1 Å². The van der Waals surface area contributed by atoms with E-state index >= 15 is 0 Å². The Balaban J connectivity index is 2.74. The average molecular weight is 475 g/mol. The van der Waals surface area contributed by atoms with Crippen LogP contribution in [0, 0.1) is 8.99 Å². The predicted octanol–water partition coefficient (Wildman–Crippen LogP) is 4.20. The van der Waals surface area contributed by atoms with Gasteiger partial charge in [-0.05, 0) is 62.1 Å². The summed E-state index contributed by atoms with van der Waals surface area (Å²) in [5.74, 6) is -0.0376. The van der Waals surface area contributed by atoms with Crippen LogP contribution in [0.2, 0.25) is 0 Å². The van der Waals surface area contributed by atoms with Crippen LogP contribution in [0.25, 0.3) is 0 Å². The van der Waals surface area contributed by atoms with E-state index in [0.29, 0.717) is 12.1 Å². The Labute approximate surface area is 132 Å². The highest BCUT2D eigenvalue weighted by Gasteiger charge is 2.18. The Morgan fingerprint density at radius 1 is 1.47 bits per heavy atom. The van der Waals surface area contributed by atoms with Crippen LogP contribution in [-0.4, -0.2) is 17.8 Å². The molecular formula is C12H14Br2INO. The minimum Gasteiger partial charge on any atom is -0.351 e. The van der Waals surface area contributed by atoms with Crippen molar-refractivity contribution in [1.29, 1.82) is 0 Å². The van der Waals surface area contributed by atoms with Crippen molar-refractivity contribution in [2.75, 3.05) is 11.9 Å². The van der Waals surface area contributed by atoms with Crippen LogP contribution in [0.3, 0.4) is 0 Å². The molecule has 5 heteroatoms. The van der Waals surface area contributed by atoms with Crippen LogP contribution >= 0.6 is 54.5 Å². The molecule has 0 spiro atoms. The maximum Gasteiger partial charge on any atom is 0.252 e. The first-order valence-electron chi connectivity index (χ1n) is 5.15. The lowest BCUT2D eigenvalue weighted by atomic mass is 9.97. The van der Waals surface area contributed by atoms with Gasteiger partial charge in [-0.2, -0.15) is 0 Å². The summed E-state index contributed by atoms with van der Waals surface area (Å²) in [5, 5.41) is 3.81. The van der Waals surface area contributed by atoms with E-state index in [1.807, 2.05) is 18.2 Å². The van der Waals surface area contributed by atoms with Crippen molar-refractivity contribution in [2.24, 2.45) is 5.41 Å². The molecule has 0 saturated heterocycles. The fourth-order valence-corrected chi connectivity index (χ4v) is 2.25. The van der Waals surface area contributed by atoms with Gasteiger partial charge in [0.1, 0.15) is 0 Å². The third-order valence-corrected chi connectivity index (χ3v) is 5.14. The van der Waals surface area contributed by atoms with E-state index in [0.717, 1.165) is 13.4 Å². The summed E-state index contributed by atoms with van der Waals surface area (Å²) in [5.41, 5.74) is 0.742. The van der Waals surface area contributed by atoms with Gasteiger partial charge in [0, 0.05) is 19.9 Å². The zero-order chi connectivity index (χ0) is 13.1. The lowest BCUT2D eigenvalue weighted by Gasteiger charge is -2.22. The van der Waals surface area contributed by atoms with Crippen LogP contribution in [0.15, 0.2) is 22.7 Å². The van der Waals surface area contributed by atoms with E-state index in [1.165, 1.54) is 0 Å². The first-order chi connectivity index (χ1) is 7.85. The van der Waals surface area contributed by atoms with Crippen LogP contribution < -0.4 is 5.32 Å². The van der Waals surface area contributed by atoms with E-state index in [-0.39, 0.29) is 11.3 Å². The number of halogens is 3. The third kappa shape index (κ3) is 4.87. The Morgan fingerprint density at radius 2 is 2.12 bits per heavy atom. The van der Waals surface area contributed by atoms with Gasteiger partial charge in [0.15, 0.2) is 0 Å². The van der Waals surface area contributed by atoms with Gasteiger partial charge in [-0.25, -0.2) is 0 Å². The smallest absolute Gasteiger partial charge is 0.252 e. The minimum absolute atomic E-state index is 0.0376. The van der Waals surface area contributed by atoms with Crippen molar-refractivity contribution in [1.82, 2.24) is 5.32 Å². The zero-order valence-corrected chi connectivity index (χ0v) is 15.0. The Bertz CT molecular complexity index is 421. The van der Waals surface area contributed by atoms with Gasteiger partial charge >= 0.3 is 0 Å². The molecule has 17 heavy (non-hydrogen) atoms. The first kappa shape index (κ1) is 15.4. The molecule has 0 aliphatic carbocycles. The summed E-state index contributed by atoms with van der Waals surface area (Å²) in [6.07, 6.45) is 0. The molecule has 0 fully saturated rings. The first-order valence-corrected chi connectivity index (χ1v) is 8.14. The number of hydrogen-bond donors (Lipinski definition) is 1. The fraction of sp³-hybridized carbons (Fsp3) is 0.417. The maximum absolute atomic E-state index is 12.0. The number of amides is 1. The zero-order valence-electron chi connectivity index (χ0n) is 9.69. The molecule has 2 nitrogen and oxygen atoms in total. The fourth-order valence-electron chi connectivity index (χ4n) is 1.13. The number of rotatable bonds is 4. The van der Waals surface area contributed by atoms with Gasteiger partial charge in [-0.15, -0.1) is 0 Å². The summed E-state index contributed by atoms with van der Waals surface area (Å²) in [4.78, 5) is 12.0. The maximum atomic E-state index is 12.0. The molecule has 0 unspecified atom stereocenters. The van der Waals surface area contributed by atoms with E-state index in [9.17, 15) is 4.79 Å². The van der Waals surface area contributed by atoms with Gasteiger partial charge < -0.3 is 5.32 Å². The van der Waals surface area contributed by atoms with Crippen LogP contribution in [0.5, 0.6) is 0 Å². The summed E-state index contributed by atoms with van der Waals surface area (Å²) in [6, 6.07) is 5.73. The molecule has 1 amide bonds. The second-order valence-electron chi connectivity index (χ2n) is 4.60. The van der Waals surface area contributed by atoms with Crippen molar-refractivity contribution >= 4 is 60.4 Å². The molecule has 0 saturated carbocycles. The summed E-state index contributed by atoms with van der Waals surface area (Å²) < 4.78 is 1.88. The van der Waals surface area contributed by atoms with E-state index in [2.05, 4.69) is 73.6 Å². The summed E-state index contributed by atoms with van der Waals surface area (Å²) >= 11 is 9.04. The SMILES string of the molecule is CC(C)(CBr)CNC(=O)c1cc(I)ccc1Br. The van der Waals surface area contributed by atoms with Gasteiger partial charge in [-0.1, -0.05) is 29.8 Å². The van der Waals surface area contributed by atoms with E-state index < -0.39 is 0 Å². The molecule has 0 bridgehead atoms. The van der Waals surface area contributed by atoms with E-state index in [1.54, 1.807) is 0 Å². The van der Waals surface area contributed by atoms with Gasteiger partial charge in [0.25, 0.3) is 5.91 Å². The largest absolute Gasteiger partial charge is 0.351 e. The Morgan fingerprint density at radius 3 is 2.71 bits per heavy atom. The van der Waals surface area contributed by atoms with Crippen molar-refractivity contribution in [3.05, 3.63) is 31.8 Å². The van der Waals surface area contributed by atoms with Crippen LogP contribution in [0.1, 0.15) is 24.2 Å². The van der Waals surface area contributed by atoms with Gasteiger partial charge in [-0.3, -0.25) is 4.79 Å². The molecule has 1 N–H and O–H groups in total. The highest BCUT2D eigenvalue weighted by Crippen LogP contribution is 2.20. The monoisotopic (exact) mass is 473 g/mol. The number of carbonyl (C=O) groups excluding carboxylic acids is 1. The lowest BCUT2D eigenvalue weighted by molar-refractivity contribution is 0.0939. The Hall–Kier alpha value is 0.380. The highest BCUT2D eigenvalue weighted by atomic mass is 127. The van der Waals surface area contributed by atoms with Crippen molar-refractivity contribution in [3.8, 4) is 0 Å². The standard InChI is InChI=1S/C12H14Br2INO/c1-12(2,6-13)7-16-11(17)9-5-8(15)3-4-10(9)14/h3-5H,6-7H2,1-2H3,(H,16,17). The molecule has 0 aliphatic rings. The van der Waals surface area contributed by atoms with E-state index in [4.69, 9.17) is 0 Å². The number of carbonyl (C=O) groups is 1. The summed E-state index contributed by atoms with van der Waals surface area (Å²) in [6.45, 7) is 4.85. The molecule has 0 atom stereocenters. The van der Waals surface area contributed by atoms with Crippen molar-refractivity contribution < 1.29 is 4.79 Å². The molecule has 0 heterocycles. The predicted molar refractivity (Wildman–Crippen MR) is 86.8 cm³/mol. The minimum atomic E-state index is -0.0376. The second-order valence-corrected chi connectivity index (χ2v) is 7.27. The molecule has 1 aromatic carbocycles. The normalized spacial score (nSPS) is 11.4. The molecule has 1 aromatic rings. The van der Waals surface area contributed by atoms with Gasteiger partial charge in [0.05, 0.1) is 5.56 Å². The highest BCUT2D eigenvalue weighted by molar-refractivity contribution is 14.1. The molecule has 0 aliphatic heterocycles. The Kier molecular flexibility index (Phi) is 5.92. The number of alkyl halides is 1. The molecular weight excluding hydrogens is 461 g/mol. The number of nitrogens with one attached hydrogen (secondary N) is 1. The number of hydrogen-bond acceptors (Lipinski definition) is 1. The molecule has 94 valence electrons. The van der Waals surface area contributed by atoms with Crippen molar-refractivity contribution in [2.45, 2.75) is 13.8 Å². The van der Waals surface area contributed by atoms with Crippen LogP contribution in [0.4, 0.5) is 0 Å². The molecule has 0 radical (unpaired) electrons. The third-order valence-electron chi connectivity index (χ3n) is 2.26. The quantitative estimate of drug-likeness (QED) is 0.514. The molecule has 0 aromatic heterocycles. The summed E-state index contributed by atoms with van der Waals surface area (Å²) in [7, 11) is 0. The average Bonchev–Trinajstić information content (AvgIpc) is 2.29. The second kappa shape index (κ2) is 6.52. The lowest BCUT2D eigenvalue weighted by Crippen LogP contribution is -2.35. The van der Waals surface area contributed by atoms with Gasteiger partial charge in [0.2, 0.25) is 0 Å². The number of benzene rings is 1. The van der Waals surface area contributed by atoms with Crippen molar-refractivity contribution in [3.63, 3.8) is 0 Å². The van der Waals surface area contributed by atoms with Crippen LogP contribution in [-0.2, 0) is 0 Å².